The van der Waals surface area contributed by atoms with Gasteiger partial charge in [0.05, 0.1) is 12.8 Å². The third kappa shape index (κ3) is 7.28. The molecule has 0 spiro atoms. The van der Waals surface area contributed by atoms with Crippen molar-refractivity contribution in [3.63, 3.8) is 0 Å². The van der Waals surface area contributed by atoms with Crippen LogP contribution in [0.4, 0.5) is 0 Å². The predicted molar refractivity (Wildman–Crippen MR) is 49.3 cm³/mol. The van der Waals surface area contributed by atoms with E-state index < -0.39 is 36.4 Å². The van der Waals surface area contributed by atoms with Gasteiger partial charge in [-0.2, -0.15) is 0 Å². The van der Waals surface area contributed by atoms with Gasteiger partial charge in [-0.05, 0) is 0 Å². The summed E-state index contributed by atoms with van der Waals surface area (Å²) >= 11 is 0. The van der Waals surface area contributed by atoms with Gasteiger partial charge in [0, 0.05) is 0 Å². The van der Waals surface area contributed by atoms with E-state index in [0.29, 0.717) is 0 Å². The molecule has 0 amide bonds. The number of hydrogen-bond donors (Lipinski definition) is 5. The van der Waals surface area contributed by atoms with E-state index in [4.69, 9.17) is 20.4 Å². The van der Waals surface area contributed by atoms with Gasteiger partial charge in [-0.1, -0.05) is 0 Å². The first-order valence-electron chi connectivity index (χ1n) is 3.17. The molecule has 9 heteroatoms. The summed E-state index contributed by atoms with van der Waals surface area (Å²) in [7, 11) is 0. The van der Waals surface area contributed by atoms with Crippen LogP contribution in [0.2, 0.25) is 0 Å². The van der Waals surface area contributed by atoms with Crippen molar-refractivity contribution in [3.05, 3.63) is 0 Å². The van der Waals surface area contributed by atoms with Crippen LogP contribution in [-0.4, -0.2) is 73.5 Å². The Kier molecular flexibility index (Phi) is 10.0. The van der Waals surface area contributed by atoms with Crippen LogP contribution in [0.15, 0.2) is 0 Å². The normalized spacial score (nSPS) is 9.40. The summed E-state index contributed by atoms with van der Waals surface area (Å²) in [4.78, 5) is 30.5. The van der Waals surface area contributed by atoms with E-state index in [-0.39, 0.29) is 35.7 Å². The third-order valence-corrected chi connectivity index (χ3v) is 1.29. The standard InChI is InChI=1S/C6H8O7.H3N.Na.H/c7-3(8)1-6(13,5(11)12)2-4(9)10;;;/h13H,1-2H2,(H,7,8)(H,9,10)(H,11,12);1H3;;. The zero-order valence-corrected chi connectivity index (χ0v) is 7.13. The Balaban J connectivity index is -0.000000720. The molecule has 0 aromatic rings. The van der Waals surface area contributed by atoms with Gasteiger partial charge in [0.2, 0.25) is 0 Å². The summed E-state index contributed by atoms with van der Waals surface area (Å²) < 4.78 is 0. The van der Waals surface area contributed by atoms with E-state index in [1.54, 1.807) is 0 Å². The van der Waals surface area contributed by atoms with Crippen molar-refractivity contribution in [2.75, 3.05) is 0 Å². The maximum atomic E-state index is 10.3. The van der Waals surface area contributed by atoms with Gasteiger partial charge in [0.25, 0.3) is 0 Å². The van der Waals surface area contributed by atoms with Gasteiger partial charge >= 0.3 is 47.5 Å². The Morgan fingerprint density at radius 1 is 0.933 bits per heavy atom. The fourth-order valence-electron chi connectivity index (χ4n) is 0.714. The second-order valence-corrected chi connectivity index (χ2v) is 2.48. The average molecular weight is 233 g/mol. The molecule has 0 unspecified atom stereocenters. The minimum atomic E-state index is -2.74. The first-order valence-corrected chi connectivity index (χ1v) is 3.17. The summed E-state index contributed by atoms with van der Waals surface area (Å²) in [6, 6.07) is 0. The molecule has 0 heterocycles. The summed E-state index contributed by atoms with van der Waals surface area (Å²) in [6.07, 6.45) is -2.29. The molecule has 0 aliphatic carbocycles. The van der Waals surface area contributed by atoms with Crippen molar-refractivity contribution in [1.29, 1.82) is 0 Å². The second kappa shape index (κ2) is 7.60. The first kappa shape index (κ1) is 19.8. The van der Waals surface area contributed by atoms with Gasteiger partial charge in [-0.3, -0.25) is 9.59 Å². The monoisotopic (exact) mass is 233 g/mol. The fraction of sp³-hybridized carbons (Fsp3) is 0.500. The van der Waals surface area contributed by atoms with Crippen LogP contribution in [-0.2, 0) is 14.4 Å². The molecular weight excluding hydrogens is 221 g/mol. The molecule has 0 radical (unpaired) electrons. The van der Waals surface area contributed by atoms with Gasteiger partial charge < -0.3 is 26.6 Å². The second-order valence-electron chi connectivity index (χ2n) is 2.48. The van der Waals surface area contributed by atoms with Crippen molar-refractivity contribution < 1.29 is 34.8 Å². The predicted octanol–water partition coefficient (Wildman–Crippen LogP) is -1.74. The SMILES string of the molecule is N.O=C(O)CC(O)(CC(=O)O)C(=O)O.[NaH]. The molecule has 0 aromatic carbocycles. The third-order valence-electron chi connectivity index (χ3n) is 1.29. The van der Waals surface area contributed by atoms with Crippen LogP contribution in [0.3, 0.4) is 0 Å². The molecule has 84 valence electrons. The molecule has 0 atom stereocenters. The van der Waals surface area contributed by atoms with Crippen LogP contribution in [0, 0.1) is 0 Å². The Hall–Kier alpha value is -0.670. The van der Waals surface area contributed by atoms with Crippen LogP contribution >= 0.6 is 0 Å². The van der Waals surface area contributed by atoms with Crippen molar-refractivity contribution in [2.24, 2.45) is 0 Å². The molecule has 8 nitrogen and oxygen atoms in total. The van der Waals surface area contributed by atoms with E-state index in [9.17, 15) is 14.4 Å². The van der Waals surface area contributed by atoms with Crippen molar-refractivity contribution >= 4 is 47.5 Å². The van der Waals surface area contributed by atoms with Crippen LogP contribution in [0.1, 0.15) is 12.8 Å². The molecule has 0 saturated carbocycles. The Morgan fingerprint density at radius 3 is 1.33 bits per heavy atom. The van der Waals surface area contributed by atoms with E-state index in [1.807, 2.05) is 0 Å². The Labute approximate surface area is 107 Å². The van der Waals surface area contributed by atoms with Crippen molar-refractivity contribution in [3.8, 4) is 0 Å². The number of carbonyl (C=O) groups is 3. The molecule has 0 aromatic heterocycles. The number of aliphatic hydroxyl groups is 1. The fourth-order valence-corrected chi connectivity index (χ4v) is 0.714. The van der Waals surface area contributed by atoms with Crippen molar-refractivity contribution in [1.82, 2.24) is 6.15 Å². The summed E-state index contributed by atoms with van der Waals surface area (Å²) in [5, 5.41) is 33.8. The molecule has 7 N–H and O–H groups in total. The van der Waals surface area contributed by atoms with E-state index in [0.717, 1.165) is 0 Å². The number of carboxylic acids is 3. The van der Waals surface area contributed by atoms with Crippen LogP contribution in [0.25, 0.3) is 0 Å². The van der Waals surface area contributed by atoms with E-state index in [2.05, 4.69) is 0 Å². The van der Waals surface area contributed by atoms with E-state index in [1.165, 1.54) is 0 Å². The van der Waals surface area contributed by atoms with Gasteiger partial charge in [-0.15, -0.1) is 0 Å². The molecule has 0 saturated heterocycles. The molecule has 0 aliphatic heterocycles. The quantitative estimate of drug-likeness (QED) is 0.349. The number of hydrogen-bond acceptors (Lipinski definition) is 5. The first-order chi connectivity index (χ1) is 5.78. The summed E-state index contributed by atoms with van der Waals surface area (Å²) in [5.41, 5.74) is -2.74. The van der Waals surface area contributed by atoms with Gasteiger partial charge in [0.15, 0.2) is 5.60 Å². The molecule has 0 fully saturated rings. The molecular formula is C6H12NNaO7. The van der Waals surface area contributed by atoms with Gasteiger partial charge in [0.1, 0.15) is 0 Å². The Bertz CT molecular complexity index is 238. The van der Waals surface area contributed by atoms with Gasteiger partial charge in [-0.25, -0.2) is 4.79 Å². The summed E-state index contributed by atoms with van der Waals surface area (Å²) in [5.74, 6) is -5.02. The molecule has 0 bridgehead atoms. The van der Waals surface area contributed by atoms with Crippen LogP contribution < -0.4 is 6.15 Å². The minimum absolute atomic E-state index is 0. The molecule has 0 aliphatic rings. The zero-order chi connectivity index (χ0) is 10.6. The number of carboxylic acid groups (broad SMARTS) is 3. The van der Waals surface area contributed by atoms with E-state index >= 15 is 0 Å². The zero-order valence-electron chi connectivity index (χ0n) is 7.13. The average Bonchev–Trinajstić information content (AvgIpc) is 1.82. The molecule has 15 heavy (non-hydrogen) atoms. The number of aliphatic carboxylic acids is 3. The maximum absolute atomic E-state index is 10.3. The topological polar surface area (TPSA) is 167 Å². The summed E-state index contributed by atoms with van der Waals surface area (Å²) in [6.45, 7) is 0. The molecule has 0 rings (SSSR count). The Morgan fingerprint density at radius 2 is 1.20 bits per heavy atom. The number of rotatable bonds is 5. The van der Waals surface area contributed by atoms with Crippen LogP contribution in [0.5, 0.6) is 0 Å². The van der Waals surface area contributed by atoms with Crippen molar-refractivity contribution in [2.45, 2.75) is 18.4 Å².